The third kappa shape index (κ3) is 5.02. The van der Waals surface area contributed by atoms with E-state index in [1.165, 1.54) is 6.07 Å². The van der Waals surface area contributed by atoms with Gasteiger partial charge < -0.3 is 10.2 Å². The predicted molar refractivity (Wildman–Crippen MR) is 105 cm³/mol. The number of anilines is 2. The van der Waals surface area contributed by atoms with E-state index in [4.69, 9.17) is 4.98 Å². The van der Waals surface area contributed by atoms with Gasteiger partial charge >= 0.3 is 0 Å². The Morgan fingerprint density at radius 2 is 2.11 bits per heavy atom. The summed E-state index contributed by atoms with van der Waals surface area (Å²) in [5, 5.41) is 2.97. The zero-order valence-corrected chi connectivity index (χ0v) is 16.5. The van der Waals surface area contributed by atoms with Crippen LogP contribution in [0.15, 0.2) is 24.4 Å². The van der Waals surface area contributed by atoms with Crippen molar-refractivity contribution in [2.24, 2.45) is 5.41 Å². The van der Waals surface area contributed by atoms with Crippen LogP contribution in [0.2, 0.25) is 0 Å². The smallest absolute Gasteiger partial charge is 0.226 e. The molecule has 0 bridgehead atoms. The quantitative estimate of drug-likeness (QED) is 0.818. The van der Waals surface area contributed by atoms with Gasteiger partial charge in [0.25, 0.3) is 0 Å². The van der Waals surface area contributed by atoms with Gasteiger partial charge in [0.15, 0.2) is 0 Å². The Labute approximate surface area is 160 Å². The number of fused-ring (bicyclic) bond motifs is 1. The lowest BCUT2D eigenvalue weighted by molar-refractivity contribution is -0.117. The number of nitrogens with zero attached hydrogens (tertiary/aromatic N) is 3. The molecule has 0 saturated heterocycles. The third-order valence-corrected chi connectivity index (χ3v) is 4.56. The number of pyridine rings is 2. The minimum Gasteiger partial charge on any atom is -0.366 e. The third-order valence-electron chi connectivity index (χ3n) is 4.56. The second kappa shape index (κ2) is 7.62. The molecule has 3 heterocycles. The maximum atomic E-state index is 13.0. The molecule has 1 aliphatic heterocycles. The molecule has 6 heteroatoms. The predicted octanol–water partition coefficient (Wildman–Crippen LogP) is 4.25. The van der Waals surface area contributed by atoms with E-state index in [1.54, 1.807) is 12.3 Å². The number of rotatable bonds is 4. The van der Waals surface area contributed by atoms with Crippen LogP contribution in [0, 0.1) is 18.3 Å². The van der Waals surface area contributed by atoms with E-state index in [0.29, 0.717) is 18.8 Å². The molecule has 1 aliphatic rings. The second-order valence-electron chi connectivity index (χ2n) is 8.42. The summed E-state index contributed by atoms with van der Waals surface area (Å²) in [5.74, 6) is 0.169. The SMILES string of the molecule is Cc1cc2c(nc1NC(=O)CC(C)(C)C)CCCN2Cc1ccc(F)nc1. The van der Waals surface area contributed by atoms with Crippen LogP contribution < -0.4 is 10.2 Å². The lowest BCUT2D eigenvalue weighted by atomic mass is 9.92. The number of amides is 1. The van der Waals surface area contributed by atoms with Crippen molar-refractivity contribution in [3.63, 3.8) is 0 Å². The number of hydrogen-bond acceptors (Lipinski definition) is 4. The standard InChI is InChI=1S/C21H27FN4O/c1-14-10-17-16(24-20(14)25-19(27)11-21(2,3)4)6-5-9-26(17)13-15-7-8-18(22)23-12-15/h7-8,10,12H,5-6,9,11,13H2,1-4H3,(H,24,25,27). The van der Waals surface area contributed by atoms with Crippen molar-refractivity contribution >= 4 is 17.4 Å². The Morgan fingerprint density at radius 3 is 2.78 bits per heavy atom. The molecule has 0 aromatic carbocycles. The summed E-state index contributed by atoms with van der Waals surface area (Å²) in [6, 6.07) is 5.24. The summed E-state index contributed by atoms with van der Waals surface area (Å²) < 4.78 is 13.0. The molecule has 0 spiro atoms. The number of hydrogen-bond donors (Lipinski definition) is 1. The van der Waals surface area contributed by atoms with Crippen molar-refractivity contribution in [2.45, 2.75) is 53.5 Å². The fourth-order valence-electron chi connectivity index (χ4n) is 3.32. The zero-order chi connectivity index (χ0) is 19.6. The van der Waals surface area contributed by atoms with Crippen LogP contribution in [0.1, 0.15) is 50.4 Å². The van der Waals surface area contributed by atoms with Crippen LogP contribution in [0.25, 0.3) is 0 Å². The molecule has 0 fully saturated rings. The summed E-state index contributed by atoms with van der Waals surface area (Å²) in [6.45, 7) is 9.68. The van der Waals surface area contributed by atoms with E-state index in [1.807, 2.05) is 27.7 Å². The topological polar surface area (TPSA) is 58.1 Å². The van der Waals surface area contributed by atoms with Crippen LogP contribution in [-0.4, -0.2) is 22.4 Å². The van der Waals surface area contributed by atoms with Gasteiger partial charge in [0.1, 0.15) is 5.82 Å². The van der Waals surface area contributed by atoms with Crippen molar-refractivity contribution in [3.05, 3.63) is 47.2 Å². The molecule has 27 heavy (non-hydrogen) atoms. The van der Waals surface area contributed by atoms with Crippen molar-refractivity contribution in [1.29, 1.82) is 0 Å². The summed E-state index contributed by atoms with van der Waals surface area (Å²) in [7, 11) is 0. The van der Waals surface area contributed by atoms with Crippen LogP contribution in [-0.2, 0) is 17.8 Å². The molecule has 1 amide bonds. The van der Waals surface area contributed by atoms with Gasteiger partial charge in [-0.05, 0) is 48.4 Å². The first-order valence-electron chi connectivity index (χ1n) is 9.37. The van der Waals surface area contributed by atoms with Gasteiger partial charge in [0.05, 0.1) is 11.4 Å². The Balaban J connectivity index is 1.79. The lowest BCUT2D eigenvalue weighted by Gasteiger charge is -2.31. The first-order chi connectivity index (χ1) is 12.7. The largest absolute Gasteiger partial charge is 0.366 e. The first kappa shape index (κ1) is 19.3. The van der Waals surface area contributed by atoms with Crippen LogP contribution >= 0.6 is 0 Å². The Bertz CT molecular complexity index is 827. The van der Waals surface area contributed by atoms with Crippen LogP contribution in [0.5, 0.6) is 0 Å². The molecule has 144 valence electrons. The molecule has 3 rings (SSSR count). The maximum absolute atomic E-state index is 13.0. The van der Waals surface area contributed by atoms with Gasteiger partial charge in [0, 0.05) is 25.7 Å². The van der Waals surface area contributed by atoms with Crippen molar-refractivity contribution < 1.29 is 9.18 Å². The molecule has 0 aliphatic carbocycles. The number of halogens is 1. The molecular weight excluding hydrogens is 343 g/mol. The number of carbonyl (C=O) groups excluding carboxylic acids is 1. The van der Waals surface area contributed by atoms with Crippen molar-refractivity contribution in [2.75, 3.05) is 16.8 Å². The highest BCUT2D eigenvalue weighted by atomic mass is 19.1. The molecule has 1 N–H and O–H groups in total. The number of carbonyl (C=O) groups is 1. The number of aryl methyl sites for hydroxylation is 2. The Hall–Kier alpha value is -2.50. The first-order valence-corrected chi connectivity index (χ1v) is 9.37. The lowest BCUT2D eigenvalue weighted by Crippen LogP contribution is -2.30. The van der Waals surface area contributed by atoms with Gasteiger partial charge in [-0.1, -0.05) is 26.8 Å². The Kier molecular flexibility index (Phi) is 5.44. The van der Waals surface area contributed by atoms with E-state index >= 15 is 0 Å². The van der Waals surface area contributed by atoms with Gasteiger partial charge in [-0.3, -0.25) is 4.79 Å². The van der Waals surface area contributed by atoms with Crippen molar-refractivity contribution in [3.8, 4) is 0 Å². The molecule has 5 nitrogen and oxygen atoms in total. The molecule has 0 unspecified atom stereocenters. The molecule has 2 aromatic rings. The van der Waals surface area contributed by atoms with Crippen molar-refractivity contribution in [1.82, 2.24) is 9.97 Å². The van der Waals surface area contributed by atoms with Gasteiger partial charge in [-0.25, -0.2) is 9.97 Å². The minimum atomic E-state index is -0.467. The van der Waals surface area contributed by atoms with Crippen LogP contribution in [0.3, 0.4) is 0 Å². The fraction of sp³-hybridized carbons (Fsp3) is 0.476. The highest BCUT2D eigenvalue weighted by Crippen LogP contribution is 2.31. The van der Waals surface area contributed by atoms with E-state index in [9.17, 15) is 9.18 Å². The van der Waals surface area contributed by atoms with E-state index in [-0.39, 0.29) is 11.3 Å². The van der Waals surface area contributed by atoms with Gasteiger partial charge in [0.2, 0.25) is 11.9 Å². The van der Waals surface area contributed by atoms with Crippen LogP contribution in [0.4, 0.5) is 15.9 Å². The monoisotopic (exact) mass is 370 g/mol. The summed E-state index contributed by atoms with van der Waals surface area (Å²) in [6.07, 6.45) is 3.91. The average Bonchev–Trinajstić information content (AvgIpc) is 2.56. The summed E-state index contributed by atoms with van der Waals surface area (Å²) in [4.78, 5) is 23.0. The van der Waals surface area contributed by atoms with Gasteiger partial charge in [-0.2, -0.15) is 4.39 Å². The van der Waals surface area contributed by atoms with E-state index in [2.05, 4.69) is 21.3 Å². The fourth-order valence-corrected chi connectivity index (χ4v) is 3.32. The molecule has 0 atom stereocenters. The minimum absolute atomic E-state index is 0.0110. The highest BCUT2D eigenvalue weighted by molar-refractivity contribution is 5.91. The Morgan fingerprint density at radius 1 is 1.33 bits per heavy atom. The highest BCUT2D eigenvalue weighted by Gasteiger charge is 2.22. The molecule has 0 radical (unpaired) electrons. The van der Waals surface area contributed by atoms with Gasteiger partial charge in [-0.15, -0.1) is 0 Å². The zero-order valence-electron chi connectivity index (χ0n) is 16.5. The summed E-state index contributed by atoms with van der Waals surface area (Å²) in [5.41, 5.74) is 3.92. The maximum Gasteiger partial charge on any atom is 0.226 e. The number of nitrogens with one attached hydrogen (secondary N) is 1. The molecule has 2 aromatic heterocycles. The molecule has 0 saturated carbocycles. The molecular formula is C21H27FN4O. The van der Waals surface area contributed by atoms with E-state index < -0.39 is 5.95 Å². The van der Waals surface area contributed by atoms with E-state index in [0.717, 1.165) is 41.9 Å². The average molecular weight is 370 g/mol. The summed E-state index contributed by atoms with van der Waals surface area (Å²) >= 11 is 0. The number of aromatic nitrogens is 2. The second-order valence-corrected chi connectivity index (χ2v) is 8.42. The normalized spacial score (nSPS) is 14.0.